The Kier molecular flexibility index (Phi) is 3.63. The van der Waals surface area contributed by atoms with Gasteiger partial charge in [-0.2, -0.15) is 0 Å². The molecule has 1 heterocycles. The second kappa shape index (κ2) is 5.09. The van der Waals surface area contributed by atoms with E-state index >= 15 is 0 Å². The maximum atomic E-state index is 6.24. The van der Waals surface area contributed by atoms with Crippen molar-refractivity contribution in [3.05, 3.63) is 21.1 Å². The van der Waals surface area contributed by atoms with E-state index in [1.807, 2.05) is 0 Å². The fourth-order valence-electron chi connectivity index (χ4n) is 2.94. The number of hydrogen-bond acceptors (Lipinski definition) is 2. The summed E-state index contributed by atoms with van der Waals surface area (Å²) in [4.78, 5) is 9.31. The molecule has 98 valence electrons. The first-order valence-corrected chi connectivity index (χ1v) is 8.09. The molecular formula is C14H18BrClN2. The van der Waals surface area contributed by atoms with Crippen molar-refractivity contribution in [2.45, 2.75) is 57.3 Å². The summed E-state index contributed by atoms with van der Waals surface area (Å²) in [6, 6.07) is 0. The third kappa shape index (κ3) is 2.44. The van der Waals surface area contributed by atoms with Gasteiger partial charge in [-0.15, -0.1) is 0 Å². The van der Waals surface area contributed by atoms with Gasteiger partial charge in [0.05, 0.1) is 10.2 Å². The van der Waals surface area contributed by atoms with Gasteiger partial charge in [-0.1, -0.05) is 24.9 Å². The van der Waals surface area contributed by atoms with E-state index in [1.165, 1.54) is 38.5 Å². The zero-order valence-corrected chi connectivity index (χ0v) is 13.0. The first-order valence-electron chi connectivity index (χ1n) is 6.91. The van der Waals surface area contributed by atoms with Crippen molar-refractivity contribution in [2.75, 3.05) is 0 Å². The lowest BCUT2D eigenvalue weighted by Gasteiger charge is -2.12. The molecule has 4 heteroatoms. The fourth-order valence-corrected chi connectivity index (χ4v) is 3.63. The zero-order valence-electron chi connectivity index (χ0n) is 10.6. The van der Waals surface area contributed by atoms with Crippen LogP contribution in [0.15, 0.2) is 4.47 Å². The van der Waals surface area contributed by atoms with Crippen molar-refractivity contribution >= 4 is 27.5 Å². The normalized spacial score (nSPS) is 27.7. The minimum Gasteiger partial charge on any atom is -0.236 e. The third-order valence-corrected chi connectivity index (χ3v) is 5.59. The predicted octanol–water partition coefficient (Wildman–Crippen LogP) is 5.06. The minimum atomic E-state index is 0.526. The highest BCUT2D eigenvalue weighted by Gasteiger charge is 2.32. The van der Waals surface area contributed by atoms with Crippen LogP contribution in [-0.2, 0) is 0 Å². The highest BCUT2D eigenvalue weighted by molar-refractivity contribution is 9.10. The molecule has 2 unspecified atom stereocenters. The van der Waals surface area contributed by atoms with Crippen LogP contribution >= 0.6 is 27.5 Å². The first-order chi connectivity index (χ1) is 8.69. The van der Waals surface area contributed by atoms with Crippen molar-refractivity contribution in [3.8, 4) is 0 Å². The molecule has 0 spiro atoms. The van der Waals surface area contributed by atoms with Crippen molar-refractivity contribution in [1.82, 2.24) is 9.97 Å². The molecule has 0 saturated heterocycles. The first kappa shape index (κ1) is 12.9. The molecule has 0 radical (unpaired) electrons. The molecular weight excluding hydrogens is 312 g/mol. The molecule has 1 aromatic heterocycles. The second-order valence-corrected chi connectivity index (χ2v) is 6.78. The van der Waals surface area contributed by atoms with E-state index in [1.54, 1.807) is 0 Å². The van der Waals surface area contributed by atoms with Gasteiger partial charge >= 0.3 is 0 Å². The lowest BCUT2D eigenvalue weighted by atomic mass is 10.0. The smallest absolute Gasteiger partial charge is 0.147 e. The van der Waals surface area contributed by atoms with Gasteiger partial charge in [0.25, 0.3) is 0 Å². The summed E-state index contributed by atoms with van der Waals surface area (Å²) in [6.07, 6.45) is 7.54. The van der Waals surface area contributed by atoms with E-state index < -0.39 is 0 Å². The number of aromatic nitrogens is 2. The molecule has 1 aromatic rings. The molecule has 0 amide bonds. The summed E-state index contributed by atoms with van der Waals surface area (Å²) in [7, 11) is 0. The molecule has 3 rings (SSSR count). The van der Waals surface area contributed by atoms with E-state index in [0.29, 0.717) is 17.0 Å². The van der Waals surface area contributed by atoms with Gasteiger partial charge in [-0.05, 0) is 54.0 Å². The Hall–Kier alpha value is -0.150. The molecule has 2 aliphatic carbocycles. The summed E-state index contributed by atoms with van der Waals surface area (Å²) >= 11 is 9.77. The standard InChI is InChI=1S/C14H18BrClN2/c1-2-8-3-4-10(7-8)14-17-12(9-5-6-9)11(15)13(16)18-14/h8-10H,2-7H2,1H3. The van der Waals surface area contributed by atoms with Crippen LogP contribution in [0.4, 0.5) is 0 Å². The Morgan fingerprint density at radius 2 is 1.89 bits per heavy atom. The van der Waals surface area contributed by atoms with E-state index in [4.69, 9.17) is 16.6 Å². The number of hydrogen-bond donors (Lipinski definition) is 0. The Labute approximate surface area is 122 Å². The van der Waals surface area contributed by atoms with Crippen molar-refractivity contribution < 1.29 is 0 Å². The number of nitrogens with zero attached hydrogens (tertiary/aromatic N) is 2. The Bertz CT molecular complexity index is 459. The van der Waals surface area contributed by atoms with Crippen LogP contribution in [0.2, 0.25) is 5.15 Å². The number of halogens is 2. The second-order valence-electron chi connectivity index (χ2n) is 5.63. The Balaban J connectivity index is 1.88. The van der Waals surface area contributed by atoms with Gasteiger partial charge in [0, 0.05) is 11.8 Å². The van der Waals surface area contributed by atoms with Gasteiger partial charge in [-0.3, -0.25) is 0 Å². The van der Waals surface area contributed by atoms with E-state index in [9.17, 15) is 0 Å². The summed E-state index contributed by atoms with van der Waals surface area (Å²) in [5.41, 5.74) is 1.14. The number of rotatable bonds is 3. The van der Waals surface area contributed by atoms with Crippen LogP contribution in [0.1, 0.15) is 68.8 Å². The molecule has 0 aromatic carbocycles. The summed E-state index contributed by atoms with van der Waals surface area (Å²) in [6.45, 7) is 2.28. The van der Waals surface area contributed by atoms with Gasteiger partial charge in [-0.25, -0.2) is 9.97 Å². The molecule has 2 nitrogen and oxygen atoms in total. The molecule has 0 bridgehead atoms. The summed E-state index contributed by atoms with van der Waals surface area (Å²) in [5, 5.41) is 0.599. The maximum absolute atomic E-state index is 6.24. The Morgan fingerprint density at radius 3 is 2.50 bits per heavy atom. The monoisotopic (exact) mass is 328 g/mol. The quantitative estimate of drug-likeness (QED) is 0.724. The average molecular weight is 330 g/mol. The van der Waals surface area contributed by atoms with E-state index in [2.05, 4.69) is 27.8 Å². The molecule has 0 N–H and O–H groups in total. The van der Waals surface area contributed by atoms with Crippen LogP contribution in [0, 0.1) is 5.92 Å². The van der Waals surface area contributed by atoms with Crippen molar-refractivity contribution in [1.29, 1.82) is 0 Å². The van der Waals surface area contributed by atoms with Crippen LogP contribution in [0.3, 0.4) is 0 Å². The van der Waals surface area contributed by atoms with Gasteiger partial charge in [0.1, 0.15) is 11.0 Å². The summed E-state index contributed by atoms with van der Waals surface area (Å²) < 4.78 is 0.917. The third-order valence-electron chi connectivity index (χ3n) is 4.30. The minimum absolute atomic E-state index is 0.526. The average Bonchev–Trinajstić information content (AvgIpc) is 3.09. The maximum Gasteiger partial charge on any atom is 0.147 e. The zero-order chi connectivity index (χ0) is 12.7. The van der Waals surface area contributed by atoms with Gasteiger partial charge in [0.2, 0.25) is 0 Å². The highest BCUT2D eigenvalue weighted by Crippen LogP contribution is 2.45. The molecule has 2 saturated carbocycles. The lowest BCUT2D eigenvalue weighted by molar-refractivity contribution is 0.516. The highest BCUT2D eigenvalue weighted by atomic mass is 79.9. The van der Waals surface area contributed by atoms with Crippen LogP contribution < -0.4 is 0 Å². The van der Waals surface area contributed by atoms with Crippen LogP contribution in [0.5, 0.6) is 0 Å². The van der Waals surface area contributed by atoms with Crippen molar-refractivity contribution in [2.24, 2.45) is 5.92 Å². The molecule has 0 aliphatic heterocycles. The molecule has 18 heavy (non-hydrogen) atoms. The Morgan fingerprint density at radius 1 is 1.17 bits per heavy atom. The SMILES string of the molecule is CCC1CCC(c2nc(Cl)c(Br)c(C3CC3)n2)C1. The largest absolute Gasteiger partial charge is 0.236 e. The van der Waals surface area contributed by atoms with Gasteiger partial charge < -0.3 is 0 Å². The van der Waals surface area contributed by atoms with Crippen molar-refractivity contribution in [3.63, 3.8) is 0 Å². The predicted molar refractivity (Wildman–Crippen MR) is 77.1 cm³/mol. The van der Waals surface area contributed by atoms with Crippen LogP contribution in [0.25, 0.3) is 0 Å². The van der Waals surface area contributed by atoms with Crippen LogP contribution in [-0.4, -0.2) is 9.97 Å². The fraction of sp³-hybridized carbons (Fsp3) is 0.714. The van der Waals surface area contributed by atoms with E-state index in [-0.39, 0.29) is 0 Å². The summed E-state index contributed by atoms with van der Waals surface area (Å²) in [5.74, 6) is 2.98. The molecule has 2 aliphatic rings. The molecule has 2 atom stereocenters. The van der Waals surface area contributed by atoms with Gasteiger partial charge in [0.15, 0.2) is 0 Å². The van der Waals surface area contributed by atoms with E-state index in [0.717, 1.165) is 21.9 Å². The topological polar surface area (TPSA) is 25.8 Å². The lowest BCUT2D eigenvalue weighted by Crippen LogP contribution is -2.05. The molecule has 2 fully saturated rings.